The van der Waals surface area contributed by atoms with E-state index >= 15 is 0 Å². The first-order valence-corrected chi connectivity index (χ1v) is 6.03. The second-order valence-corrected chi connectivity index (χ2v) is 4.65. The van der Waals surface area contributed by atoms with Gasteiger partial charge >= 0.3 is 5.97 Å². The molecule has 0 saturated heterocycles. The minimum Gasteiger partial charge on any atom is -0.495 e. The predicted molar refractivity (Wildman–Crippen MR) is 72.5 cm³/mol. The Hall–Kier alpha value is -2.04. The molecule has 0 aliphatic rings. The van der Waals surface area contributed by atoms with E-state index in [1.807, 2.05) is 26.0 Å². The van der Waals surface area contributed by atoms with Gasteiger partial charge in [-0.3, -0.25) is 9.59 Å². The average molecular weight is 265 g/mol. The average Bonchev–Trinajstić information content (AvgIpc) is 2.31. The summed E-state index contributed by atoms with van der Waals surface area (Å²) in [5, 5.41) is 11.5. The van der Waals surface area contributed by atoms with Gasteiger partial charge in [0, 0.05) is 6.42 Å². The summed E-state index contributed by atoms with van der Waals surface area (Å²) in [5.74, 6) is -1.45. The van der Waals surface area contributed by atoms with Crippen LogP contribution in [-0.2, 0) is 9.59 Å². The zero-order chi connectivity index (χ0) is 14.6. The molecule has 0 spiro atoms. The first-order chi connectivity index (χ1) is 8.85. The number of hydrogen-bond acceptors (Lipinski definition) is 3. The van der Waals surface area contributed by atoms with E-state index in [2.05, 4.69) is 5.32 Å². The Balaban J connectivity index is 2.87. The van der Waals surface area contributed by atoms with Crippen LogP contribution in [-0.4, -0.2) is 24.1 Å². The molecule has 0 fully saturated rings. The van der Waals surface area contributed by atoms with E-state index in [4.69, 9.17) is 9.84 Å². The molecule has 1 amide bonds. The minimum atomic E-state index is -0.984. The minimum absolute atomic E-state index is 0.0637. The van der Waals surface area contributed by atoms with E-state index in [1.54, 1.807) is 0 Å². The number of carbonyl (C=O) groups excluding carboxylic acids is 1. The van der Waals surface area contributed by atoms with Gasteiger partial charge in [-0.15, -0.1) is 0 Å². The number of benzene rings is 1. The van der Waals surface area contributed by atoms with Gasteiger partial charge < -0.3 is 15.2 Å². The molecule has 0 aliphatic carbocycles. The van der Waals surface area contributed by atoms with Crippen molar-refractivity contribution < 1.29 is 19.4 Å². The number of hydrogen-bond donors (Lipinski definition) is 2. The van der Waals surface area contributed by atoms with Crippen LogP contribution in [0, 0.1) is 19.8 Å². The summed E-state index contributed by atoms with van der Waals surface area (Å²) >= 11 is 0. The van der Waals surface area contributed by atoms with Crippen molar-refractivity contribution in [3.63, 3.8) is 0 Å². The number of aryl methyl sites for hydroxylation is 2. The lowest BCUT2D eigenvalue weighted by molar-refractivity contribution is -0.142. The maximum atomic E-state index is 11.8. The Bertz CT molecular complexity index is 496. The lowest BCUT2D eigenvalue weighted by Crippen LogP contribution is -2.20. The highest BCUT2D eigenvalue weighted by atomic mass is 16.5. The third-order valence-electron chi connectivity index (χ3n) is 2.84. The molecule has 1 atom stereocenters. The van der Waals surface area contributed by atoms with Gasteiger partial charge in [-0.2, -0.15) is 0 Å². The summed E-state index contributed by atoms with van der Waals surface area (Å²) < 4.78 is 5.23. The van der Waals surface area contributed by atoms with Crippen molar-refractivity contribution in [3.05, 3.63) is 23.3 Å². The molecule has 1 aromatic carbocycles. The van der Waals surface area contributed by atoms with Crippen molar-refractivity contribution in [1.29, 1.82) is 0 Å². The van der Waals surface area contributed by atoms with Crippen LogP contribution in [0.5, 0.6) is 5.75 Å². The highest BCUT2D eigenvalue weighted by Gasteiger charge is 2.17. The van der Waals surface area contributed by atoms with Crippen molar-refractivity contribution in [3.8, 4) is 5.75 Å². The number of anilines is 1. The first kappa shape index (κ1) is 15.0. The number of carboxylic acid groups (broad SMARTS) is 1. The molecular formula is C14H19NO4. The van der Waals surface area contributed by atoms with Crippen molar-refractivity contribution >= 4 is 17.6 Å². The molecule has 5 heteroatoms. The monoisotopic (exact) mass is 265 g/mol. The van der Waals surface area contributed by atoms with Gasteiger partial charge in [-0.05, 0) is 31.0 Å². The SMILES string of the molecule is COc1cc(C)cc(C)c1NC(=O)CC(C)C(=O)O. The largest absolute Gasteiger partial charge is 0.495 e. The molecule has 19 heavy (non-hydrogen) atoms. The third kappa shape index (κ3) is 3.98. The van der Waals surface area contributed by atoms with Crippen LogP contribution in [0.4, 0.5) is 5.69 Å². The smallest absolute Gasteiger partial charge is 0.306 e. The second kappa shape index (κ2) is 6.22. The molecule has 0 saturated carbocycles. The molecule has 0 aromatic heterocycles. The van der Waals surface area contributed by atoms with E-state index in [9.17, 15) is 9.59 Å². The molecule has 1 aromatic rings. The summed E-state index contributed by atoms with van der Waals surface area (Å²) in [6, 6.07) is 3.75. The fourth-order valence-electron chi connectivity index (χ4n) is 1.81. The van der Waals surface area contributed by atoms with Crippen LogP contribution in [0.1, 0.15) is 24.5 Å². The van der Waals surface area contributed by atoms with Gasteiger partial charge in [0.15, 0.2) is 0 Å². The van der Waals surface area contributed by atoms with Gasteiger partial charge in [0.25, 0.3) is 0 Å². The fraction of sp³-hybridized carbons (Fsp3) is 0.429. The Labute approximate surface area is 112 Å². The van der Waals surface area contributed by atoms with Crippen molar-refractivity contribution in [1.82, 2.24) is 0 Å². The number of aliphatic carboxylic acids is 1. The van der Waals surface area contributed by atoms with Crippen molar-refractivity contribution in [2.24, 2.45) is 5.92 Å². The first-order valence-electron chi connectivity index (χ1n) is 6.03. The van der Waals surface area contributed by atoms with E-state index < -0.39 is 11.9 Å². The number of carboxylic acids is 1. The quantitative estimate of drug-likeness (QED) is 0.857. The Kier molecular flexibility index (Phi) is 4.92. The summed E-state index contributed by atoms with van der Waals surface area (Å²) in [6.07, 6.45) is -0.0637. The highest BCUT2D eigenvalue weighted by Crippen LogP contribution is 2.29. The normalized spacial score (nSPS) is 11.8. The van der Waals surface area contributed by atoms with Gasteiger partial charge in [0.05, 0.1) is 18.7 Å². The molecule has 0 bridgehead atoms. The highest BCUT2D eigenvalue weighted by molar-refractivity contribution is 5.95. The lowest BCUT2D eigenvalue weighted by atomic mass is 10.1. The molecule has 0 aliphatic heterocycles. The van der Waals surface area contributed by atoms with Crippen LogP contribution in [0.15, 0.2) is 12.1 Å². The second-order valence-electron chi connectivity index (χ2n) is 4.65. The zero-order valence-corrected chi connectivity index (χ0v) is 11.6. The van der Waals surface area contributed by atoms with Gasteiger partial charge in [-0.1, -0.05) is 13.0 Å². The Morgan fingerprint density at radius 2 is 2.00 bits per heavy atom. The molecule has 104 valence electrons. The van der Waals surface area contributed by atoms with E-state index in [0.29, 0.717) is 11.4 Å². The number of methoxy groups -OCH3 is 1. The van der Waals surface area contributed by atoms with Crippen LogP contribution < -0.4 is 10.1 Å². The fourth-order valence-corrected chi connectivity index (χ4v) is 1.81. The number of ether oxygens (including phenoxy) is 1. The molecule has 2 N–H and O–H groups in total. The zero-order valence-electron chi connectivity index (χ0n) is 11.6. The van der Waals surface area contributed by atoms with E-state index in [0.717, 1.165) is 11.1 Å². The van der Waals surface area contributed by atoms with Crippen LogP contribution in [0.25, 0.3) is 0 Å². The summed E-state index contributed by atoms with van der Waals surface area (Å²) in [6.45, 7) is 5.31. The predicted octanol–water partition coefficient (Wildman–Crippen LogP) is 2.36. The van der Waals surface area contributed by atoms with Gasteiger partial charge in [-0.25, -0.2) is 0 Å². The van der Waals surface area contributed by atoms with Crippen molar-refractivity contribution in [2.75, 3.05) is 12.4 Å². The molecule has 1 unspecified atom stereocenters. The van der Waals surface area contributed by atoms with Crippen molar-refractivity contribution in [2.45, 2.75) is 27.2 Å². The molecule has 5 nitrogen and oxygen atoms in total. The van der Waals surface area contributed by atoms with Crippen LogP contribution in [0.2, 0.25) is 0 Å². The molecule has 1 rings (SSSR count). The van der Waals surface area contributed by atoms with Crippen LogP contribution >= 0.6 is 0 Å². The Morgan fingerprint density at radius 1 is 1.37 bits per heavy atom. The third-order valence-corrected chi connectivity index (χ3v) is 2.84. The molecular weight excluding hydrogens is 246 g/mol. The molecule has 0 radical (unpaired) electrons. The van der Waals surface area contributed by atoms with E-state index in [-0.39, 0.29) is 12.3 Å². The topological polar surface area (TPSA) is 75.6 Å². The summed E-state index contributed by atoms with van der Waals surface area (Å²) in [7, 11) is 1.53. The maximum absolute atomic E-state index is 11.8. The summed E-state index contributed by atoms with van der Waals surface area (Å²) in [5.41, 5.74) is 2.51. The standard InChI is InChI=1S/C14H19NO4/c1-8-5-9(2)13(11(6-8)19-4)15-12(16)7-10(3)14(17)18/h5-6,10H,7H2,1-4H3,(H,15,16)(H,17,18). The van der Waals surface area contributed by atoms with Crippen LogP contribution in [0.3, 0.4) is 0 Å². The number of nitrogens with one attached hydrogen (secondary N) is 1. The number of carbonyl (C=O) groups is 2. The van der Waals surface area contributed by atoms with Gasteiger partial charge in [0.2, 0.25) is 5.91 Å². The number of rotatable bonds is 5. The Morgan fingerprint density at radius 3 is 2.53 bits per heavy atom. The van der Waals surface area contributed by atoms with E-state index in [1.165, 1.54) is 14.0 Å². The number of amides is 1. The summed E-state index contributed by atoms with van der Waals surface area (Å²) in [4.78, 5) is 22.5. The lowest BCUT2D eigenvalue weighted by Gasteiger charge is -2.14. The maximum Gasteiger partial charge on any atom is 0.306 e. The molecule has 0 heterocycles. The van der Waals surface area contributed by atoms with Gasteiger partial charge in [0.1, 0.15) is 5.75 Å².